The molecule has 3 unspecified atom stereocenters. The van der Waals surface area contributed by atoms with Gasteiger partial charge in [-0.3, -0.25) is 4.79 Å². The first-order valence-corrected chi connectivity index (χ1v) is 8.15. The molecule has 1 heterocycles. The Balaban J connectivity index is 1.58. The van der Waals surface area contributed by atoms with Gasteiger partial charge in [0.15, 0.2) is 0 Å². The lowest BCUT2D eigenvalue weighted by Crippen LogP contribution is -2.45. The van der Waals surface area contributed by atoms with Gasteiger partial charge in [0.1, 0.15) is 0 Å². The minimum atomic E-state index is 0.351. The van der Waals surface area contributed by atoms with Gasteiger partial charge in [0, 0.05) is 25.0 Å². The molecule has 1 N–H and O–H groups in total. The van der Waals surface area contributed by atoms with Gasteiger partial charge in [-0.1, -0.05) is 13.8 Å². The van der Waals surface area contributed by atoms with Gasteiger partial charge in [0.2, 0.25) is 5.91 Å². The molecule has 0 aromatic heterocycles. The van der Waals surface area contributed by atoms with Crippen LogP contribution in [0.15, 0.2) is 0 Å². The van der Waals surface area contributed by atoms with Crippen LogP contribution in [-0.4, -0.2) is 36.5 Å². The van der Waals surface area contributed by atoms with Crippen LogP contribution >= 0.6 is 0 Å². The lowest BCUT2D eigenvalue weighted by molar-refractivity contribution is -0.136. The van der Waals surface area contributed by atoms with Crippen LogP contribution in [0, 0.1) is 23.7 Å². The molecule has 1 aliphatic heterocycles. The molecule has 3 fully saturated rings. The van der Waals surface area contributed by atoms with Crippen LogP contribution in [0.5, 0.6) is 0 Å². The second-order valence-corrected chi connectivity index (χ2v) is 7.35. The highest BCUT2D eigenvalue weighted by molar-refractivity contribution is 5.79. The molecular formula is C16H28N2O. The van der Waals surface area contributed by atoms with Gasteiger partial charge < -0.3 is 10.2 Å². The van der Waals surface area contributed by atoms with E-state index in [-0.39, 0.29) is 0 Å². The molecule has 0 aromatic carbocycles. The Morgan fingerprint density at radius 2 is 2.00 bits per heavy atom. The molecule has 2 aliphatic carbocycles. The zero-order valence-electron chi connectivity index (χ0n) is 12.4. The monoisotopic (exact) mass is 264 g/mol. The van der Waals surface area contributed by atoms with E-state index >= 15 is 0 Å². The van der Waals surface area contributed by atoms with Gasteiger partial charge in [-0.15, -0.1) is 0 Å². The van der Waals surface area contributed by atoms with E-state index in [1.54, 1.807) is 0 Å². The largest absolute Gasteiger partial charge is 0.341 e. The lowest BCUT2D eigenvalue weighted by atomic mass is 10.0. The highest BCUT2D eigenvalue weighted by Crippen LogP contribution is 2.54. The zero-order chi connectivity index (χ0) is 13.4. The van der Waals surface area contributed by atoms with Crippen LogP contribution in [0.4, 0.5) is 0 Å². The summed E-state index contributed by atoms with van der Waals surface area (Å²) in [4.78, 5) is 14.9. The average molecular weight is 264 g/mol. The Morgan fingerprint density at radius 1 is 1.26 bits per heavy atom. The second kappa shape index (κ2) is 5.43. The Bertz CT molecular complexity index is 326. The van der Waals surface area contributed by atoms with Crippen molar-refractivity contribution >= 4 is 5.91 Å². The van der Waals surface area contributed by atoms with Crippen molar-refractivity contribution in [1.29, 1.82) is 0 Å². The first kappa shape index (κ1) is 13.4. The third-order valence-corrected chi connectivity index (χ3v) is 5.09. The standard InChI is InChI=1S/C16H28N2O/c1-11(2)9-18(10-15-4-3-5-17-15)16(19)14-7-12-6-13(12)8-14/h11-15,17H,3-10H2,1-2H3. The summed E-state index contributed by atoms with van der Waals surface area (Å²) in [6, 6.07) is 0.540. The van der Waals surface area contributed by atoms with Crippen LogP contribution < -0.4 is 5.32 Å². The molecule has 3 rings (SSSR count). The predicted molar refractivity (Wildman–Crippen MR) is 76.8 cm³/mol. The Kier molecular flexibility index (Phi) is 3.84. The van der Waals surface area contributed by atoms with E-state index in [0.29, 0.717) is 23.8 Å². The third-order valence-electron chi connectivity index (χ3n) is 5.09. The number of nitrogens with one attached hydrogen (secondary N) is 1. The zero-order valence-corrected chi connectivity index (χ0v) is 12.4. The van der Waals surface area contributed by atoms with Crippen molar-refractivity contribution in [1.82, 2.24) is 10.2 Å². The van der Waals surface area contributed by atoms with Gasteiger partial charge in [0.05, 0.1) is 0 Å². The first-order chi connectivity index (χ1) is 9.13. The molecule has 3 aliphatic rings. The van der Waals surface area contributed by atoms with Crippen LogP contribution in [0.3, 0.4) is 0 Å². The van der Waals surface area contributed by atoms with Crippen molar-refractivity contribution in [3.63, 3.8) is 0 Å². The Hall–Kier alpha value is -0.570. The van der Waals surface area contributed by atoms with Crippen molar-refractivity contribution in [2.75, 3.05) is 19.6 Å². The van der Waals surface area contributed by atoms with Crippen LogP contribution in [-0.2, 0) is 4.79 Å². The summed E-state index contributed by atoms with van der Waals surface area (Å²) in [5, 5.41) is 3.53. The summed E-state index contributed by atoms with van der Waals surface area (Å²) in [5.41, 5.74) is 0. The number of rotatable bonds is 5. The molecule has 0 spiro atoms. The fourth-order valence-corrected chi connectivity index (χ4v) is 4.05. The van der Waals surface area contributed by atoms with Crippen molar-refractivity contribution in [3.8, 4) is 0 Å². The van der Waals surface area contributed by atoms with E-state index in [9.17, 15) is 4.79 Å². The van der Waals surface area contributed by atoms with Crippen molar-refractivity contribution < 1.29 is 4.79 Å². The maximum Gasteiger partial charge on any atom is 0.225 e. The van der Waals surface area contributed by atoms with Crippen molar-refractivity contribution in [3.05, 3.63) is 0 Å². The smallest absolute Gasteiger partial charge is 0.225 e. The molecule has 1 saturated heterocycles. The maximum absolute atomic E-state index is 12.7. The van der Waals surface area contributed by atoms with Crippen LogP contribution in [0.1, 0.15) is 46.0 Å². The molecule has 0 radical (unpaired) electrons. The molecular weight excluding hydrogens is 236 g/mol. The van der Waals surface area contributed by atoms with Gasteiger partial charge in [-0.05, 0) is 56.4 Å². The normalized spacial score (nSPS) is 36.6. The average Bonchev–Trinajstić information content (AvgIpc) is 2.82. The number of carbonyl (C=O) groups is 1. The molecule has 0 aromatic rings. The van der Waals surface area contributed by atoms with Gasteiger partial charge >= 0.3 is 0 Å². The molecule has 3 atom stereocenters. The van der Waals surface area contributed by atoms with Crippen LogP contribution in [0.25, 0.3) is 0 Å². The van der Waals surface area contributed by atoms with E-state index < -0.39 is 0 Å². The molecule has 3 nitrogen and oxygen atoms in total. The topological polar surface area (TPSA) is 32.3 Å². The Morgan fingerprint density at radius 3 is 2.58 bits per heavy atom. The lowest BCUT2D eigenvalue weighted by Gasteiger charge is -2.30. The van der Waals surface area contributed by atoms with E-state index in [2.05, 4.69) is 24.1 Å². The van der Waals surface area contributed by atoms with Crippen LogP contribution in [0.2, 0.25) is 0 Å². The van der Waals surface area contributed by atoms with Crippen molar-refractivity contribution in [2.24, 2.45) is 23.7 Å². The Labute approximate surface area is 117 Å². The molecule has 108 valence electrons. The van der Waals surface area contributed by atoms with E-state index in [1.807, 2.05) is 0 Å². The first-order valence-electron chi connectivity index (χ1n) is 8.15. The second-order valence-electron chi connectivity index (χ2n) is 7.35. The predicted octanol–water partition coefficient (Wildman–Crippen LogP) is 2.27. The quantitative estimate of drug-likeness (QED) is 0.826. The number of amides is 1. The summed E-state index contributed by atoms with van der Waals surface area (Å²) < 4.78 is 0. The fraction of sp³-hybridized carbons (Fsp3) is 0.938. The fourth-order valence-electron chi connectivity index (χ4n) is 4.05. The maximum atomic E-state index is 12.7. The van der Waals surface area contributed by atoms with Gasteiger partial charge in [-0.2, -0.15) is 0 Å². The molecule has 1 amide bonds. The summed E-state index contributed by atoms with van der Waals surface area (Å²) in [6.07, 6.45) is 6.25. The molecule has 0 bridgehead atoms. The number of fused-ring (bicyclic) bond motifs is 1. The summed E-state index contributed by atoms with van der Waals surface area (Å²) in [6.45, 7) is 7.43. The number of hydrogen-bond acceptors (Lipinski definition) is 2. The highest BCUT2D eigenvalue weighted by Gasteiger charge is 2.48. The van der Waals surface area contributed by atoms with Gasteiger partial charge in [0.25, 0.3) is 0 Å². The summed E-state index contributed by atoms with van der Waals surface area (Å²) in [5.74, 6) is 3.18. The summed E-state index contributed by atoms with van der Waals surface area (Å²) in [7, 11) is 0. The molecule has 19 heavy (non-hydrogen) atoms. The SMILES string of the molecule is CC(C)CN(CC1CCCN1)C(=O)C1CC2CC2C1. The number of carbonyl (C=O) groups excluding carboxylic acids is 1. The van der Waals surface area contributed by atoms with E-state index in [0.717, 1.165) is 31.5 Å². The van der Waals surface area contributed by atoms with E-state index in [1.165, 1.54) is 32.1 Å². The minimum absolute atomic E-state index is 0.351. The number of hydrogen-bond donors (Lipinski definition) is 1. The van der Waals surface area contributed by atoms with E-state index in [4.69, 9.17) is 0 Å². The third kappa shape index (κ3) is 3.13. The van der Waals surface area contributed by atoms with Crippen molar-refractivity contribution in [2.45, 2.75) is 52.0 Å². The molecule has 2 saturated carbocycles. The summed E-state index contributed by atoms with van der Waals surface area (Å²) >= 11 is 0. The minimum Gasteiger partial charge on any atom is -0.341 e. The number of nitrogens with zero attached hydrogens (tertiary/aromatic N) is 1. The molecule has 3 heteroatoms. The van der Waals surface area contributed by atoms with Gasteiger partial charge in [-0.25, -0.2) is 0 Å². The highest BCUT2D eigenvalue weighted by atomic mass is 16.2.